The van der Waals surface area contributed by atoms with E-state index in [0.29, 0.717) is 62.2 Å². The third kappa shape index (κ3) is 10.9. The standard InChI is InChI=1S/C52H59F2N6O12PS/c1-51(2,3)45(56-47(64)42-23-31-21-35(13-15-41(31)74-42)52(53,54)73(68,69)70)50(67)60-28-36(24-39(60)49(66)57-17-19-72-40(29-57)30-10-6-4-7-11-30)71-18-9-5-8-12-44(62)58-25-32-20-34-27-59(38-14-16-43(61)55-46(38)63)48(65)37(34)22-33(32)26-58/h4,6-7,10-11,13,15,20-23,36,38-40,45H,5,8-9,12,14,16-19,24-29H2,1-3H3,(H,56,64)(H,55,61,63)(H2,68,69,70)/t36-,38?,39+,40+,45-/m1/s1. The topological polar surface area (TPSA) is 232 Å². The molecule has 6 heterocycles. The van der Waals surface area contributed by atoms with Crippen LogP contribution in [0.15, 0.2) is 66.7 Å². The fourth-order valence-corrected chi connectivity index (χ4v) is 11.9. The molecule has 9 rings (SSSR count). The van der Waals surface area contributed by atoms with Crippen molar-refractivity contribution in [2.45, 2.75) is 121 Å². The van der Waals surface area contributed by atoms with Crippen LogP contribution in [0.2, 0.25) is 0 Å². The van der Waals surface area contributed by atoms with Gasteiger partial charge in [-0.1, -0.05) is 69.7 Å². The average Bonchev–Trinajstić information content (AvgIpc) is 4.17. The maximum atomic E-state index is 14.9. The monoisotopic (exact) mass is 1060 g/mol. The van der Waals surface area contributed by atoms with Gasteiger partial charge in [0.2, 0.25) is 29.5 Å². The summed E-state index contributed by atoms with van der Waals surface area (Å²) < 4.78 is 53.6. The number of nitrogens with one attached hydrogen (secondary N) is 2. The van der Waals surface area contributed by atoms with Gasteiger partial charge in [-0.15, -0.1) is 11.3 Å². The predicted molar refractivity (Wildman–Crippen MR) is 265 cm³/mol. The molecule has 3 saturated heterocycles. The second-order valence-corrected chi connectivity index (χ2v) is 23.5. The van der Waals surface area contributed by atoms with Gasteiger partial charge in [-0.05, 0) is 76.6 Å². The summed E-state index contributed by atoms with van der Waals surface area (Å²) in [4.78, 5) is 119. The number of imide groups is 1. The highest BCUT2D eigenvalue weighted by Crippen LogP contribution is 2.59. The lowest BCUT2D eigenvalue weighted by Gasteiger charge is -2.38. The van der Waals surface area contributed by atoms with Gasteiger partial charge in [-0.3, -0.25) is 43.4 Å². The number of fused-ring (bicyclic) bond motifs is 3. The van der Waals surface area contributed by atoms with Crippen molar-refractivity contribution < 1.29 is 66.2 Å². The molecule has 394 valence electrons. The number of carbonyl (C=O) groups is 7. The zero-order valence-electron chi connectivity index (χ0n) is 41.2. The molecule has 5 aliphatic heterocycles. The number of hydrogen-bond acceptors (Lipinski definition) is 11. The first-order valence-corrected chi connectivity index (χ1v) is 27.2. The average molecular weight is 1060 g/mol. The quantitative estimate of drug-likeness (QED) is 0.0636. The van der Waals surface area contributed by atoms with Crippen LogP contribution >= 0.6 is 18.9 Å². The van der Waals surface area contributed by atoms with Crippen LogP contribution in [0, 0.1) is 5.41 Å². The van der Waals surface area contributed by atoms with E-state index in [1.54, 1.807) is 30.6 Å². The number of alkyl halides is 2. The molecule has 0 aliphatic carbocycles. The lowest BCUT2D eigenvalue weighted by molar-refractivity contribution is -0.150. The van der Waals surface area contributed by atoms with Gasteiger partial charge >= 0.3 is 13.3 Å². The van der Waals surface area contributed by atoms with Crippen LogP contribution in [0.25, 0.3) is 10.1 Å². The highest BCUT2D eigenvalue weighted by molar-refractivity contribution is 7.52. The number of carbonyl (C=O) groups excluding carboxylic acids is 7. The van der Waals surface area contributed by atoms with E-state index < -0.39 is 66.2 Å². The molecular weight excluding hydrogens is 1000 g/mol. The Kier molecular flexibility index (Phi) is 15.0. The summed E-state index contributed by atoms with van der Waals surface area (Å²) in [5.74, 6) is -2.57. The summed E-state index contributed by atoms with van der Waals surface area (Å²) >= 11 is 0.962. The van der Waals surface area contributed by atoms with Gasteiger partial charge in [0.05, 0.1) is 24.1 Å². The van der Waals surface area contributed by atoms with Gasteiger partial charge < -0.3 is 44.2 Å². The van der Waals surface area contributed by atoms with E-state index >= 15 is 0 Å². The molecule has 4 N–H and O–H groups in total. The molecular formula is C52H59F2N6O12PS. The maximum Gasteiger partial charge on any atom is 0.399 e. The molecule has 7 amide bonds. The number of piperidine rings is 1. The number of ether oxygens (including phenoxy) is 2. The number of morpholine rings is 1. The molecule has 74 heavy (non-hydrogen) atoms. The number of nitrogens with zero attached hydrogens (tertiary/aromatic N) is 4. The molecule has 5 atom stereocenters. The highest BCUT2D eigenvalue weighted by Gasteiger charge is 2.51. The molecule has 0 saturated carbocycles. The third-order valence-corrected chi connectivity index (χ3v) is 16.6. The zero-order valence-corrected chi connectivity index (χ0v) is 42.9. The first-order chi connectivity index (χ1) is 35.1. The fraction of sp³-hybridized carbons (Fsp3) is 0.481. The van der Waals surface area contributed by atoms with Crippen LogP contribution in [0.4, 0.5) is 8.78 Å². The van der Waals surface area contributed by atoms with Gasteiger partial charge in [0.25, 0.3) is 11.8 Å². The number of benzene rings is 3. The van der Waals surface area contributed by atoms with Crippen molar-refractivity contribution in [3.63, 3.8) is 0 Å². The van der Waals surface area contributed by atoms with E-state index in [1.165, 1.54) is 21.9 Å². The van der Waals surface area contributed by atoms with Gasteiger partial charge in [0.15, 0.2) is 0 Å². The van der Waals surface area contributed by atoms with Gasteiger partial charge in [0.1, 0.15) is 24.2 Å². The third-order valence-electron chi connectivity index (χ3n) is 14.5. The minimum atomic E-state index is -5.84. The maximum absolute atomic E-state index is 14.9. The number of rotatable bonds is 15. The molecule has 3 aromatic carbocycles. The molecule has 0 bridgehead atoms. The number of hydrogen-bond donors (Lipinski definition) is 4. The van der Waals surface area contributed by atoms with E-state index in [9.17, 15) is 56.7 Å². The lowest BCUT2D eigenvalue weighted by atomic mass is 9.85. The fourth-order valence-electron chi connectivity index (χ4n) is 10.5. The molecule has 18 nitrogen and oxygen atoms in total. The van der Waals surface area contributed by atoms with E-state index in [1.807, 2.05) is 42.5 Å². The molecule has 3 fully saturated rings. The van der Waals surface area contributed by atoms with Crippen molar-refractivity contribution in [3.8, 4) is 0 Å². The van der Waals surface area contributed by atoms with Crippen LogP contribution in [-0.2, 0) is 63.3 Å². The van der Waals surface area contributed by atoms with Crippen molar-refractivity contribution in [1.82, 2.24) is 30.2 Å². The molecule has 0 radical (unpaired) electrons. The molecule has 22 heteroatoms. The predicted octanol–water partition coefficient (Wildman–Crippen LogP) is 5.72. The Morgan fingerprint density at radius 1 is 0.919 bits per heavy atom. The Balaban J connectivity index is 0.816. The van der Waals surface area contributed by atoms with Crippen LogP contribution < -0.4 is 10.6 Å². The first-order valence-electron chi connectivity index (χ1n) is 24.8. The second-order valence-electron chi connectivity index (χ2n) is 20.7. The molecule has 1 unspecified atom stereocenters. The van der Waals surface area contributed by atoms with Crippen molar-refractivity contribution in [2.75, 3.05) is 32.8 Å². The van der Waals surface area contributed by atoms with Crippen LogP contribution in [0.1, 0.15) is 120 Å². The van der Waals surface area contributed by atoms with Crippen molar-refractivity contribution in [2.24, 2.45) is 5.41 Å². The summed E-state index contributed by atoms with van der Waals surface area (Å²) in [6.45, 7) is 7.54. The van der Waals surface area contributed by atoms with Gasteiger partial charge in [-0.25, -0.2) is 0 Å². The number of likely N-dealkylation sites (tertiary alicyclic amines) is 1. The van der Waals surface area contributed by atoms with Crippen LogP contribution in [0.3, 0.4) is 0 Å². The molecule has 0 spiro atoms. The second kappa shape index (κ2) is 21.0. The van der Waals surface area contributed by atoms with Crippen molar-refractivity contribution in [1.29, 1.82) is 0 Å². The van der Waals surface area contributed by atoms with E-state index in [2.05, 4.69) is 10.6 Å². The van der Waals surface area contributed by atoms with E-state index in [-0.39, 0.29) is 85.5 Å². The van der Waals surface area contributed by atoms with E-state index in [4.69, 9.17) is 9.47 Å². The summed E-state index contributed by atoms with van der Waals surface area (Å²) in [6, 6.07) is 14.9. The van der Waals surface area contributed by atoms with Gasteiger partial charge in [0, 0.05) is 74.4 Å². The summed E-state index contributed by atoms with van der Waals surface area (Å²) in [5.41, 5.74) is -2.19. The van der Waals surface area contributed by atoms with Crippen molar-refractivity contribution in [3.05, 3.63) is 105 Å². The Bertz CT molecular complexity index is 2940. The molecule has 4 aromatic rings. The first kappa shape index (κ1) is 52.9. The normalized spacial score (nSPS) is 21.7. The smallest absolute Gasteiger partial charge is 0.376 e. The Labute approximate surface area is 429 Å². The number of unbranched alkanes of at least 4 members (excludes halogenated alkanes) is 2. The van der Waals surface area contributed by atoms with Crippen LogP contribution in [-0.4, -0.2) is 128 Å². The zero-order chi connectivity index (χ0) is 52.9. The SMILES string of the molecule is CC(C)(C)[C@H](NC(=O)c1cc2cc(C(F)(F)P(=O)(O)O)ccc2s1)C(=O)N1C[C@H](OCCCCCC(=O)N2Cc3cc4c(cc3C2)C(=O)N(C2CCC(=O)NC2=O)C4)C[C@H]1C(=O)N1CCO[C@H](c2ccccc2)C1. The Hall–Kier alpha value is -5.96. The Morgan fingerprint density at radius 2 is 1.66 bits per heavy atom. The Morgan fingerprint density at radius 3 is 2.38 bits per heavy atom. The summed E-state index contributed by atoms with van der Waals surface area (Å²) in [7, 11) is -5.84. The molecule has 5 aliphatic rings. The van der Waals surface area contributed by atoms with Crippen molar-refractivity contribution >= 4 is 70.4 Å². The number of thiophene rings is 1. The highest BCUT2D eigenvalue weighted by atomic mass is 32.1. The largest absolute Gasteiger partial charge is 0.399 e. The number of halogens is 2. The van der Waals surface area contributed by atoms with Gasteiger partial charge in [-0.2, -0.15) is 8.78 Å². The van der Waals surface area contributed by atoms with Crippen LogP contribution in [0.5, 0.6) is 0 Å². The van der Waals surface area contributed by atoms with E-state index in [0.717, 1.165) is 45.7 Å². The minimum absolute atomic E-state index is 0.0208. The lowest BCUT2D eigenvalue weighted by Crippen LogP contribution is -2.58. The summed E-state index contributed by atoms with van der Waals surface area (Å²) in [5, 5.41) is 5.32. The minimum Gasteiger partial charge on any atom is -0.376 e. The number of amides is 7. The summed E-state index contributed by atoms with van der Waals surface area (Å²) in [6.07, 6.45) is 1.89. The molecule has 1 aromatic heterocycles.